The second-order valence-corrected chi connectivity index (χ2v) is 5.43. The minimum atomic E-state index is -3.79. The van der Waals surface area contributed by atoms with Gasteiger partial charge in [-0.05, 0) is 12.1 Å². The molecule has 0 bridgehead atoms. The first-order valence-corrected chi connectivity index (χ1v) is 6.86. The molecule has 0 amide bonds. The van der Waals surface area contributed by atoms with Gasteiger partial charge >= 0.3 is 10.3 Å². The summed E-state index contributed by atoms with van der Waals surface area (Å²) in [7, 11) is -3.79. The van der Waals surface area contributed by atoms with Crippen molar-refractivity contribution in [3.05, 3.63) is 29.3 Å². The lowest BCUT2D eigenvalue weighted by atomic mass is 10.3. The van der Waals surface area contributed by atoms with Crippen LogP contribution >= 0.6 is 11.6 Å². The molecule has 1 aliphatic rings. The van der Waals surface area contributed by atoms with E-state index in [0.717, 1.165) is 0 Å². The number of rotatable bonds is 3. The van der Waals surface area contributed by atoms with Crippen LogP contribution in [0.5, 0.6) is 5.75 Å². The molecule has 0 radical (unpaired) electrons. The molecule has 94 valence electrons. The lowest BCUT2D eigenvalue weighted by Gasteiger charge is -2.25. The fourth-order valence-corrected chi connectivity index (χ4v) is 2.74. The van der Waals surface area contributed by atoms with Crippen LogP contribution in [0.15, 0.2) is 24.3 Å². The number of nitrogens with zero attached hydrogens (tertiary/aromatic N) is 1. The van der Waals surface area contributed by atoms with Crippen molar-refractivity contribution in [2.75, 3.05) is 26.3 Å². The molecule has 1 saturated heterocycles. The zero-order valence-corrected chi connectivity index (χ0v) is 10.6. The molecule has 1 aromatic rings. The van der Waals surface area contributed by atoms with Crippen molar-refractivity contribution >= 4 is 21.9 Å². The van der Waals surface area contributed by atoms with Gasteiger partial charge in [-0.15, -0.1) is 0 Å². The van der Waals surface area contributed by atoms with Crippen molar-refractivity contribution in [1.82, 2.24) is 4.31 Å². The summed E-state index contributed by atoms with van der Waals surface area (Å²) in [6.07, 6.45) is 0. The lowest BCUT2D eigenvalue weighted by molar-refractivity contribution is 0.0698. The quantitative estimate of drug-likeness (QED) is 0.836. The Balaban J connectivity index is 2.14. The number of hydrogen-bond donors (Lipinski definition) is 0. The van der Waals surface area contributed by atoms with E-state index < -0.39 is 10.3 Å². The van der Waals surface area contributed by atoms with Crippen molar-refractivity contribution < 1.29 is 17.3 Å². The molecule has 5 nitrogen and oxygen atoms in total. The molecule has 0 spiro atoms. The second kappa shape index (κ2) is 5.22. The third-order valence-electron chi connectivity index (χ3n) is 2.32. The molecule has 1 heterocycles. The lowest BCUT2D eigenvalue weighted by Crippen LogP contribution is -2.42. The van der Waals surface area contributed by atoms with Gasteiger partial charge in [0.2, 0.25) is 0 Å². The average Bonchev–Trinajstić information content (AvgIpc) is 2.33. The number of halogens is 1. The van der Waals surface area contributed by atoms with Crippen LogP contribution < -0.4 is 4.18 Å². The Labute approximate surface area is 105 Å². The van der Waals surface area contributed by atoms with Gasteiger partial charge in [0, 0.05) is 13.1 Å². The third-order valence-corrected chi connectivity index (χ3v) is 4.02. The van der Waals surface area contributed by atoms with E-state index in [1.807, 2.05) is 0 Å². The first kappa shape index (κ1) is 12.6. The van der Waals surface area contributed by atoms with Crippen molar-refractivity contribution in [2.45, 2.75) is 0 Å². The van der Waals surface area contributed by atoms with Crippen LogP contribution in [0, 0.1) is 0 Å². The molecule has 0 N–H and O–H groups in total. The maximum Gasteiger partial charge on any atom is 0.385 e. The average molecular weight is 278 g/mol. The molecular weight excluding hydrogens is 266 g/mol. The van der Waals surface area contributed by atoms with E-state index in [9.17, 15) is 8.42 Å². The molecule has 0 aliphatic carbocycles. The number of ether oxygens (including phenoxy) is 1. The van der Waals surface area contributed by atoms with Gasteiger partial charge < -0.3 is 8.92 Å². The summed E-state index contributed by atoms with van der Waals surface area (Å²) in [5.74, 6) is 0.139. The highest BCUT2D eigenvalue weighted by Crippen LogP contribution is 2.25. The number of morpholine rings is 1. The van der Waals surface area contributed by atoms with Gasteiger partial charge in [-0.2, -0.15) is 12.7 Å². The van der Waals surface area contributed by atoms with Crippen LogP contribution in [-0.2, 0) is 15.0 Å². The maximum atomic E-state index is 11.9. The largest absolute Gasteiger partial charge is 0.385 e. The van der Waals surface area contributed by atoms with Crippen molar-refractivity contribution in [1.29, 1.82) is 0 Å². The van der Waals surface area contributed by atoms with Crippen LogP contribution in [-0.4, -0.2) is 39.0 Å². The zero-order valence-electron chi connectivity index (χ0n) is 9.00. The number of para-hydroxylation sites is 1. The number of hydrogen-bond acceptors (Lipinski definition) is 4. The smallest absolute Gasteiger partial charge is 0.379 e. The molecular formula is C10H12ClNO4S. The molecule has 0 saturated carbocycles. The van der Waals surface area contributed by atoms with Gasteiger partial charge in [-0.1, -0.05) is 23.7 Å². The van der Waals surface area contributed by atoms with E-state index in [4.69, 9.17) is 20.5 Å². The van der Waals surface area contributed by atoms with Gasteiger partial charge in [-0.3, -0.25) is 0 Å². The summed E-state index contributed by atoms with van der Waals surface area (Å²) in [5, 5.41) is 0.268. The van der Waals surface area contributed by atoms with E-state index >= 15 is 0 Å². The standard InChI is InChI=1S/C10H12ClNO4S/c11-9-3-1-2-4-10(9)16-17(13,14)12-5-7-15-8-6-12/h1-4H,5-8H2. The van der Waals surface area contributed by atoms with Crippen LogP contribution in [0.2, 0.25) is 5.02 Å². The predicted molar refractivity (Wildman–Crippen MR) is 63.4 cm³/mol. The molecule has 1 aliphatic heterocycles. The topological polar surface area (TPSA) is 55.8 Å². The highest BCUT2D eigenvalue weighted by atomic mass is 35.5. The Kier molecular flexibility index (Phi) is 3.88. The minimum absolute atomic E-state index is 0.139. The summed E-state index contributed by atoms with van der Waals surface area (Å²) in [6.45, 7) is 1.36. The summed E-state index contributed by atoms with van der Waals surface area (Å²) in [4.78, 5) is 0. The Morgan fingerprint density at radius 2 is 1.88 bits per heavy atom. The zero-order chi connectivity index (χ0) is 12.3. The van der Waals surface area contributed by atoms with Gasteiger partial charge in [-0.25, -0.2) is 0 Å². The Morgan fingerprint density at radius 3 is 2.53 bits per heavy atom. The van der Waals surface area contributed by atoms with Crippen molar-refractivity contribution in [3.63, 3.8) is 0 Å². The van der Waals surface area contributed by atoms with Crippen LogP contribution in [0.4, 0.5) is 0 Å². The Morgan fingerprint density at radius 1 is 1.24 bits per heavy atom. The molecule has 0 aromatic heterocycles. The summed E-state index contributed by atoms with van der Waals surface area (Å²) in [6, 6.07) is 6.46. The molecule has 0 atom stereocenters. The van der Waals surface area contributed by atoms with Gasteiger partial charge in [0.1, 0.15) is 0 Å². The molecule has 7 heteroatoms. The molecule has 2 rings (SSSR count). The van der Waals surface area contributed by atoms with E-state index in [-0.39, 0.29) is 10.8 Å². The highest BCUT2D eigenvalue weighted by molar-refractivity contribution is 7.84. The first-order valence-electron chi connectivity index (χ1n) is 5.11. The second-order valence-electron chi connectivity index (χ2n) is 3.48. The number of benzene rings is 1. The Bertz CT molecular complexity index is 485. The fraction of sp³-hybridized carbons (Fsp3) is 0.400. The third kappa shape index (κ3) is 3.10. The maximum absolute atomic E-state index is 11.9. The summed E-state index contributed by atoms with van der Waals surface area (Å²) < 4.78 is 35.1. The fourth-order valence-electron chi connectivity index (χ4n) is 1.45. The van der Waals surface area contributed by atoms with Crippen LogP contribution in [0.3, 0.4) is 0 Å². The Hall–Kier alpha value is -0.820. The summed E-state index contributed by atoms with van der Waals surface area (Å²) >= 11 is 5.84. The SMILES string of the molecule is O=S(=O)(Oc1ccccc1Cl)N1CCOCC1. The van der Waals surface area contributed by atoms with Gasteiger partial charge in [0.05, 0.1) is 18.2 Å². The van der Waals surface area contributed by atoms with Crippen LogP contribution in [0.1, 0.15) is 0 Å². The minimum Gasteiger partial charge on any atom is -0.379 e. The highest BCUT2D eigenvalue weighted by Gasteiger charge is 2.26. The van der Waals surface area contributed by atoms with E-state index in [0.29, 0.717) is 26.3 Å². The summed E-state index contributed by atoms with van der Waals surface area (Å²) in [5.41, 5.74) is 0. The molecule has 17 heavy (non-hydrogen) atoms. The van der Waals surface area contributed by atoms with Crippen molar-refractivity contribution in [2.24, 2.45) is 0 Å². The first-order chi connectivity index (χ1) is 8.09. The van der Waals surface area contributed by atoms with Gasteiger partial charge in [0.25, 0.3) is 0 Å². The van der Waals surface area contributed by atoms with E-state index in [1.54, 1.807) is 18.2 Å². The van der Waals surface area contributed by atoms with E-state index in [1.165, 1.54) is 10.4 Å². The molecule has 1 aromatic carbocycles. The van der Waals surface area contributed by atoms with Crippen LogP contribution in [0.25, 0.3) is 0 Å². The molecule has 1 fully saturated rings. The predicted octanol–water partition coefficient (Wildman–Crippen LogP) is 1.30. The van der Waals surface area contributed by atoms with E-state index in [2.05, 4.69) is 0 Å². The van der Waals surface area contributed by atoms with Crippen molar-refractivity contribution in [3.8, 4) is 5.75 Å². The monoisotopic (exact) mass is 277 g/mol. The van der Waals surface area contributed by atoms with Gasteiger partial charge in [0.15, 0.2) is 5.75 Å². The molecule has 0 unspecified atom stereocenters. The normalized spacial score (nSPS) is 17.9.